The van der Waals surface area contributed by atoms with Crippen LogP contribution in [-0.2, 0) is 19.4 Å². The SMILES string of the molecule is O=C(NCCc1cccs1)c1cn2c(nc1=O)CC1(CCN(c3ncccn3)C1)C2. The van der Waals surface area contributed by atoms with Gasteiger partial charge in [-0.25, -0.2) is 9.97 Å². The summed E-state index contributed by atoms with van der Waals surface area (Å²) in [7, 11) is 0. The standard InChI is InChI=1S/C21H22N6O2S/c28-18(22-8-4-15-3-1-10-30-15)16-12-27-14-21(11-17(27)25-19(16)29)5-9-26(13-21)20-23-6-2-7-24-20/h1-3,6-7,10,12H,4-5,8-9,11,13-14H2,(H,22,28). The molecule has 1 amide bonds. The van der Waals surface area contributed by atoms with Crippen LogP contribution in [0.4, 0.5) is 5.95 Å². The Morgan fingerprint density at radius 2 is 2.10 bits per heavy atom. The zero-order valence-electron chi connectivity index (χ0n) is 16.5. The number of carbonyl (C=O) groups excluding carboxylic acids is 1. The van der Waals surface area contributed by atoms with Crippen LogP contribution in [0.5, 0.6) is 0 Å². The maximum atomic E-state index is 12.6. The molecule has 0 radical (unpaired) electrons. The van der Waals surface area contributed by atoms with Gasteiger partial charge in [-0.05, 0) is 30.4 Å². The second-order valence-electron chi connectivity index (χ2n) is 7.99. The highest BCUT2D eigenvalue weighted by molar-refractivity contribution is 7.09. The van der Waals surface area contributed by atoms with E-state index < -0.39 is 5.56 Å². The Balaban J connectivity index is 1.28. The van der Waals surface area contributed by atoms with Crippen LogP contribution in [0.25, 0.3) is 0 Å². The maximum absolute atomic E-state index is 12.6. The summed E-state index contributed by atoms with van der Waals surface area (Å²) in [6.07, 6.45) is 7.64. The highest BCUT2D eigenvalue weighted by Gasteiger charge is 2.44. The number of fused-ring (bicyclic) bond motifs is 1. The van der Waals surface area contributed by atoms with Crippen molar-refractivity contribution in [1.29, 1.82) is 0 Å². The number of amides is 1. The summed E-state index contributed by atoms with van der Waals surface area (Å²) in [5.74, 6) is 1.13. The number of nitrogens with zero attached hydrogens (tertiary/aromatic N) is 5. The smallest absolute Gasteiger partial charge is 0.285 e. The van der Waals surface area contributed by atoms with Crippen LogP contribution < -0.4 is 15.8 Å². The third-order valence-corrected chi connectivity index (χ3v) is 6.81. The molecule has 0 saturated carbocycles. The first-order valence-electron chi connectivity index (χ1n) is 10.0. The molecule has 1 fully saturated rings. The minimum Gasteiger partial charge on any atom is -0.351 e. The van der Waals surface area contributed by atoms with Crippen LogP contribution in [0.1, 0.15) is 27.5 Å². The fraction of sp³-hybridized carbons (Fsp3) is 0.381. The van der Waals surface area contributed by atoms with E-state index in [0.29, 0.717) is 6.54 Å². The lowest BCUT2D eigenvalue weighted by molar-refractivity contribution is 0.0951. The monoisotopic (exact) mass is 422 g/mol. The Labute approximate surface area is 177 Å². The van der Waals surface area contributed by atoms with E-state index in [1.54, 1.807) is 29.9 Å². The molecular formula is C21H22N6O2S. The van der Waals surface area contributed by atoms with Gasteiger partial charge in [0, 0.05) is 61.5 Å². The van der Waals surface area contributed by atoms with Crippen LogP contribution in [0, 0.1) is 5.41 Å². The van der Waals surface area contributed by atoms with Gasteiger partial charge in [-0.1, -0.05) is 6.07 Å². The second-order valence-corrected chi connectivity index (χ2v) is 9.02. The van der Waals surface area contributed by atoms with Gasteiger partial charge in [-0.2, -0.15) is 4.98 Å². The molecule has 30 heavy (non-hydrogen) atoms. The summed E-state index contributed by atoms with van der Waals surface area (Å²) in [5, 5.41) is 4.86. The third-order valence-electron chi connectivity index (χ3n) is 5.87. The first-order valence-corrected chi connectivity index (χ1v) is 10.9. The molecule has 5 rings (SSSR count). The molecule has 1 saturated heterocycles. The predicted octanol–water partition coefficient (Wildman–Crippen LogP) is 1.52. The zero-order chi connectivity index (χ0) is 20.6. The van der Waals surface area contributed by atoms with Crippen LogP contribution >= 0.6 is 11.3 Å². The van der Waals surface area contributed by atoms with E-state index in [2.05, 4.69) is 25.2 Å². The highest BCUT2D eigenvalue weighted by Crippen LogP contribution is 2.40. The van der Waals surface area contributed by atoms with Gasteiger partial charge in [0.05, 0.1) is 0 Å². The topological polar surface area (TPSA) is 93.0 Å². The zero-order valence-corrected chi connectivity index (χ0v) is 17.3. The number of anilines is 1. The van der Waals surface area contributed by atoms with Crippen molar-refractivity contribution in [3.63, 3.8) is 0 Å². The van der Waals surface area contributed by atoms with Crippen molar-refractivity contribution < 1.29 is 4.79 Å². The Morgan fingerprint density at radius 1 is 1.23 bits per heavy atom. The summed E-state index contributed by atoms with van der Waals surface area (Å²) in [4.78, 5) is 41.4. The molecule has 154 valence electrons. The van der Waals surface area contributed by atoms with Crippen molar-refractivity contribution >= 4 is 23.2 Å². The lowest BCUT2D eigenvalue weighted by atomic mass is 9.86. The molecule has 1 unspecified atom stereocenters. The van der Waals surface area contributed by atoms with E-state index in [4.69, 9.17) is 0 Å². The number of rotatable bonds is 5. The Morgan fingerprint density at radius 3 is 2.90 bits per heavy atom. The van der Waals surface area contributed by atoms with Crippen molar-refractivity contribution in [2.75, 3.05) is 24.5 Å². The van der Waals surface area contributed by atoms with Gasteiger partial charge in [0.25, 0.3) is 11.5 Å². The van der Waals surface area contributed by atoms with Gasteiger partial charge in [-0.15, -0.1) is 11.3 Å². The van der Waals surface area contributed by atoms with Crippen LogP contribution in [0.15, 0.2) is 47.0 Å². The summed E-state index contributed by atoms with van der Waals surface area (Å²) < 4.78 is 1.98. The molecule has 2 aliphatic heterocycles. The van der Waals surface area contributed by atoms with Crippen molar-refractivity contribution in [3.05, 3.63) is 68.8 Å². The van der Waals surface area contributed by atoms with E-state index in [-0.39, 0.29) is 16.9 Å². The molecule has 0 aliphatic carbocycles. The molecule has 0 aromatic carbocycles. The predicted molar refractivity (Wildman–Crippen MR) is 114 cm³/mol. The molecule has 0 bridgehead atoms. The molecule has 2 aliphatic rings. The Bertz CT molecular complexity index is 1110. The lowest BCUT2D eigenvalue weighted by Gasteiger charge is -2.22. The Kier molecular flexibility index (Phi) is 4.82. The Hall–Kier alpha value is -3.07. The van der Waals surface area contributed by atoms with Gasteiger partial charge in [0.1, 0.15) is 11.4 Å². The van der Waals surface area contributed by atoms with Crippen LogP contribution in [-0.4, -0.2) is 45.1 Å². The molecule has 3 aromatic rings. The number of aromatic nitrogens is 4. The number of carbonyl (C=O) groups is 1. The van der Waals surface area contributed by atoms with E-state index in [1.165, 1.54) is 4.88 Å². The number of hydrogen-bond donors (Lipinski definition) is 1. The summed E-state index contributed by atoms with van der Waals surface area (Å²) in [6, 6.07) is 5.83. The fourth-order valence-electron chi connectivity index (χ4n) is 4.40. The fourth-order valence-corrected chi connectivity index (χ4v) is 5.11. The van der Waals surface area contributed by atoms with Crippen LogP contribution in [0.2, 0.25) is 0 Å². The molecule has 3 aromatic heterocycles. The van der Waals surface area contributed by atoms with Gasteiger partial charge < -0.3 is 14.8 Å². The number of nitrogens with one attached hydrogen (secondary N) is 1. The maximum Gasteiger partial charge on any atom is 0.285 e. The average molecular weight is 423 g/mol. The van der Waals surface area contributed by atoms with Gasteiger partial charge >= 0.3 is 0 Å². The van der Waals surface area contributed by atoms with Crippen LogP contribution in [0.3, 0.4) is 0 Å². The first-order chi connectivity index (χ1) is 14.6. The van der Waals surface area contributed by atoms with Crippen molar-refractivity contribution in [3.8, 4) is 0 Å². The summed E-state index contributed by atoms with van der Waals surface area (Å²) in [5.41, 5.74) is -0.337. The number of hydrogen-bond acceptors (Lipinski definition) is 7. The molecule has 1 N–H and O–H groups in total. The molecule has 5 heterocycles. The van der Waals surface area contributed by atoms with E-state index in [0.717, 1.165) is 50.7 Å². The minimum absolute atomic E-state index is 0.0000873. The minimum atomic E-state index is -0.451. The molecule has 1 atom stereocenters. The van der Waals surface area contributed by atoms with Gasteiger partial charge in [0.2, 0.25) is 5.95 Å². The third kappa shape index (κ3) is 3.60. The van der Waals surface area contributed by atoms with E-state index in [1.807, 2.05) is 28.1 Å². The largest absolute Gasteiger partial charge is 0.351 e. The lowest BCUT2D eigenvalue weighted by Crippen LogP contribution is -2.32. The summed E-state index contributed by atoms with van der Waals surface area (Å²) in [6.45, 7) is 2.93. The highest BCUT2D eigenvalue weighted by atomic mass is 32.1. The molecule has 9 heteroatoms. The summed E-state index contributed by atoms with van der Waals surface area (Å²) >= 11 is 1.66. The van der Waals surface area contributed by atoms with E-state index in [9.17, 15) is 9.59 Å². The van der Waals surface area contributed by atoms with E-state index >= 15 is 0 Å². The second kappa shape index (κ2) is 7.64. The first kappa shape index (κ1) is 18.9. The number of thiophene rings is 1. The van der Waals surface area contributed by atoms with Crippen molar-refractivity contribution in [1.82, 2.24) is 24.8 Å². The van der Waals surface area contributed by atoms with Crippen molar-refractivity contribution in [2.45, 2.75) is 25.8 Å². The average Bonchev–Trinajstić information content (AvgIpc) is 3.48. The van der Waals surface area contributed by atoms with Crippen molar-refractivity contribution in [2.24, 2.45) is 5.41 Å². The van der Waals surface area contributed by atoms with Gasteiger partial charge in [0.15, 0.2) is 0 Å². The molecular weight excluding hydrogens is 400 g/mol. The molecule has 8 nitrogen and oxygen atoms in total. The van der Waals surface area contributed by atoms with Gasteiger partial charge in [-0.3, -0.25) is 9.59 Å². The quantitative estimate of drug-likeness (QED) is 0.670. The normalized spacial score (nSPS) is 19.9. The molecule has 1 spiro atoms.